The molecule has 0 unspecified atom stereocenters. The largest absolute Gasteiger partial charge is 0.315 e. The summed E-state index contributed by atoms with van der Waals surface area (Å²) in [6.07, 6.45) is 5.89. The minimum absolute atomic E-state index is 0.818. The zero-order valence-corrected chi connectivity index (χ0v) is 8.66. The van der Waals surface area contributed by atoms with Crippen LogP contribution >= 0.6 is 12.2 Å². The van der Waals surface area contributed by atoms with Crippen LogP contribution in [0, 0.1) is 0 Å². The molecule has 2 rings (SSSR count). The number of aromatic nitrogens is 4. The third-order valence-corrected chi connectivity index (χ3v) is 2.19. The molecule has 72 valence electrons. The van der Waals surface area contributed by atoms with E-state index in [1.165, 1.54) is 0 Å². The molecule has 0 saturated heterocycles. The molecule has 0 radical (unpaired) electrons. The van der Waals surface area contributed by atoms with Gasteiger partial charge in [0.2, 0.25) is 0 Å². The zero-order chi connectivity index (χ0) is 9.97. The van der Waals surface area contributed by atoms with Crippen molar-refractivity contribution in [3.05, 3.63) is 18.9 Å². The Morgan fingerprint density at radius 3 is 3.14 bits per heavy atom. The van der Waals surface area contributed by atoms with E-state index in [2.05, 4.69) is 15.0 Å². The molecule has 14 heavy (non-hydrogen) atoms. The molecular weight excluding hydrogens is 196 g/mol. The van der Waals surface area contributed by atoms with Crippen molar-refractivity contribution in [1.29, 1.82) is 0 Å². The number of hydrogen-bond acceptors (Lipinski definition) is 4. The Balaban J connectivity index is 2.25. The first-order chi connectivity index (χ1) is 6.77. The van der Waals surface area contributed by atoms with E-state index < -0.39 is 0 Å². The van der Waals surface area contributed by atoms with Crippen molar-refractivity contribution in [1.82, 2.24) is 19.5 Å². The summed E-state index contributed by atoms with van der Waals surface area (Å²) in [6.45, 7) is 2.76. The second kappa shape index (κ2) is 3.79. The number of imidazole rings is 1. The Kier molecular flexibility index (Phi) is 2.49. The van der Waals surface area contributed by atoms with E-state index in [-0.39, 0.29) is 0 Å². The van der Waals surface area contributed by atoms with Gasteiger partial charge in [0.05, 0.1) is 12.5 Å². The third-order valence-electron chi connectivity index (χ3n) is 1.99. The minimum atomic E-state index is 0.818. The van der Waals surface area contributed by atoms with Crippen molar-refractivity contribution in [2.45, 2.75) is 19.9 Å². The molecule has 0 atom stereocenters. The predicted octanol–water partition coefficient (Wildman–Crippen LogP) is 1.56. The van der Waals surface area contributed by atoms with Crippen LogP contribution in [-0.4, -0.2) is 24.4 Å². The van der Waals surface area contributed by atoms with Gasteiger partial charge in [-0.15, -0.1) is 0 Å². The summed E-state index contributed by atoms with van der Waals surface area (Å²) in [7, 11) is 0. The van der Waals surface area contributed by atoms with Crippen LogP contribution in [0.25, 0.3) is 11.5 Å². The average molecular weight is 206 g/mol. The summed E-state index contributed by atoms with van der Waals surface area (Å²) in [5.74, 6) is 0.872. The fourth-order valence-electron chi connectivity index (χ4n) is 1.26. The highest BCUT2D eigenvalue weighted by molar-refractivity contribution is 7.80. The van der Waals surface area contributed by atoms with Crippen LogP contribution in [0.15, 0.2) is 18.9 Å². The van der Waals surface area contributed by atoms with Crippen molar-refractivity contribution in [3.8, 4) is 11.5 Å². The van der Waals surface area contributed by atoms with Crippen LogP contribution in [0.3, 0.4) is 0 Å². The van der Waals surface area contributed by atoms with Gasteiger partial charge in [-0.3, -0.25) is 0 Å². The van der Waals surface area contributed by atoms with Gasteiger partial charge in [0, 0.05) is 6.54 Å². The molecule has 0 bridgehead atoms. The molecule has 0 N–H and O–H groups in total. The molecule has 2 heterocycles. The van der Waals surface area contributed by atoms with Crippen LogP contribution < -0.4 is 0 Å². The molecule has 0 amide bonds. The average Bonchev–Trinajstić information content (AvgIpc) is 2.62. The monoisotopic (exact) mass is 206 g/mol. The molecule has 0 fully saturated rings. The maximum Gasteiger partial charge on any atom is 0.163 e. The lowest BCUT2D eigenvalue weighted by molar-refractivity contribution is 0.700. The third kappa shape index (κ3) is 1.77. The highest BCUT2D eigenvalue weighted by Gasteiger charge is 2.08. The lowest BCUT2D eigenvalue weighted by atomic mass is 10.3. The lowest BCUT2D eigenvalue weighted by Gasteiger charge is -2.08. The maximum atomic E-state index is 5.03. The van der Waals surface area contributed by atoms with E-state index in [1.807, 2.05) is 11.5 Å². The van der Waals surface area contributed by atoms with E-state index in [0.29, 0.717) is 0 Å². The Bertz CT molecular complexity index is 423. The van der Waals surface area contributed by atoms with E-state index >= 15 is 0 Å². The summed E-state index contributed by atoms with van der Waals surface area (Å²) in [5, 5.41) is 0. The number of hydrogen-bond donors (Lipinski definition) is 0. The first-order valence-electron chi connectivity index (χ1n) is 4.37. The van der Waals surface area contributed by atoms with Gasteiger partial charge >= 0.3 is 0 Å². The van der Waals surface area contributed by atoms with E-state index in [0.717, 1.165) is 29.3 Å². The fourth-order valence-corrected chi connectivity index (χ4v) is 1.35. The normalized spacial score (nSPS) is 10.6. The van der Waals surface area contributed by atoms with Gasteiger partial charge in [0.1, 0.15) is 12.0 Å². The summed E-state index contributed by atoms with van der Waals surface area (Å²) < 4.78 is 1.97. The molecule has 0 aromatic rings. The quantitative estimate of drug-likeness (QED) is 0.715. The van der Waals surface area contributed by atoms with Crippen molar-refractivity contribution in [2.75, 3.05) is 0 Å². The predicted molar refractivity (Wildman–Crippen MR) is 57.3 cm³/mol. The Hall–Kier alpha value is -1.36. The standard InChI is InChI=1S/C9H10N4S/c1-7(14)2-3-13-6-10-4-8-9(13)12-5-11-8/h4-6H,2-3H2,1H3. The highest BCUT2D eigenvalue weighted by atomic mass is 32.1. The van der Waals surface area contributed by atoms with Crippen molar-refractivity contribution >= 4 is 17.1 Å². The molecule has 2 aliphatic heterocycles. The molecule has 0 aliphatic carbocycles. The maximum absolute atomic E-state index is 5.03. The van der Waals surface area contributed by atoms with Crippen molar-refractivity contribution in [3.63, 3.8) is 0 Å². The molecule has 4 nitrogen and oxygen atoms in total. The van der Waals surface area contributed by atoms with Crippen LogP contribution in [0.1, 0.15) is 13.3 Å². The number of nitrogens with zero attached hydrogens (tertiary/aromatic N) is 4. The Morgan fingerprint density at radius 2 is 2.36 bits per heavy atom. The number of thiocarbonyl (C=S) groups is 1. The van der Waals surface area contributed by atoms with Gasteiger partial charge in [0.15, 0.2) is 5.82 Å². The number of fused-ring (bicyclic) bond motifs is 1. The minimum Gasteiger partial charge on any atom is -0.315 e. The molecule has 0 spiro atoms. The van der Waals surface area contributed by atoms with E-state index in [4.69, 9.17) is 12.2 Å². The summed E-state index contributed by atoms with van der Waals surface area (Å²) in [6, 6.07) is 0. The van der Waals surface area contributed by atoms with Crippen LogP contribution in [0.5, 0.6) is 0 Å². The summed E-state index contributed by atoms with van der Waals surface area (Å²) in [4.78, 5) is 13.3. The molecular formula is C9H10N4S. The van der Waals surface area contributed by atoms with E-state index in [9.17, 15) is 0 Å². The molecule has 0 aromatic carbocycles. The topological polar surface area (TPSA) is 43.6 Å². The number of aryl methyl sites for hydroxylation is 1. The summed E-state index contributed by atoms with van der Waals surface area (Å²) in [5.41, 5.74) is 0.828. The smallest absolute Gasteiger partial charge is 0.163 e. The van der Waals surface area contributed by atoms with Gasteiger partial charge in [-0.05, 0) is 18.2 Å². The molecule has 0 aromatic heterocycles. The van der Waals surface area contributed by atoms with Gasteiger partial charge < -0.3 is 4.57 Å². The van der Waals surface area contributed by atoms with Gasteiger partial charge in [-0.2, -0.15) is 0 Å². The SMILES string of the molecule is CC(=S)CCn1cncc2ncnc1-2. The second-order valence-corrected chi connectivity index (χ2v) is 3.82. The molecule has 2 aliphatic rings. The first-order valence-corrected chi connectivity index (χ1v) is 4.78. The van der Waals surface area contributed by atoms with Gasteiger partial charge in [0.25, 0.3) is 0 Å². The van der Waals surface area contributed by atoms with Crippen molar-refractivity contribution < 1.29 is 0 Å². The van der Waals surface area contributed by atoms with Crippen LogP contribution in [-0.2, 0) is 6.54 Å². The fraction of sp³-hybridized carbons (Fsp3) is 0.333. The lowest BCUT2D eigenvalue weighted by Crippen LogP contribution is -2.07. The van der Waals surface area contributed by atoms with E-state index in [1.54, 1.807) is 18.9 Å². The Labute approximate surface area is 87.4 Å². The van der Waals surface area contributed by atoms with Gasteiger partial charge in [-0.25, -0.2) is 15.0 Å². The van der Waals surface area contributed by atoms with Gasteiger partial charge in [-0.1, -0.05) is 12.2 Å². The molecule has 0 saturated carbocycles. The first kappa shape index (κ1) is 9.21. The molecule has 5 heteroatoms. The van der Waals surface area contributed by atoms with Crippen LogP contribution in [0.2, 0.25) is 0 Å². The summed E-state index contributed by atoms with van der Waals surface area (Å²) >= 11 is 5.03. The highest BCUT2D eigenvalue weighted by Crippen LogP contribution is 2.14. The number of rotatable bonds is 3. The zero-order valence-electron chi connectivity index (χ0n) is 7.84. The van der Waals surface area contributed by atoms with Crippen molar-refractivity contribution in [2.24, 2.45) is 0 Å². The second-order valence-electron chi connectivity index (χ2n) is 3.12. The van der Waals surface area contributed by atoms with Crippen LogP contribution in [0.4, 0.5) is 0 Å². The Morgan fingerprint density at radius 1 is 1.50 bits per heavy atom.